The zero-order valence-corrected chi connectivity index (χ0v) is 15.6. The average molecular weight is 351 g/mol. The molecule has 1 amide bonds. The number of carbonyl (C=O) groups excluding carboxylic acids is 1. The molecule has 1 fully saturated rings. The summed E-state index contributed by atoms with van der Waals surface area (Å²) < 4.78 is 5.58. The molecule has 5 heteroatoms. The quantitative estimate of drug-likeness (QED) is 0.759. The topological polar surface area (TPSA) is 62.1 Å². The van der Waals surface area contributed by atoms with Crippen LogP contribution in [0.15, 0.2) is 28.7 Å². The van der Waals surface area contributed by atoms with Gasteiger partial charge in [0.25, 0.3) is 0 Å². The van der Waals surface area contributed by atoms with Crippen molar-refractivity contribution < 1.29 is 9.21 Å². The summed E-state index contributed by atoms with van der Waals surface area (Å²) in [6.45, 7) is 6.94. The maximum atomic E-state index is 12.8. The van der Waals surface area contributed by atoms with E-state index < -0.39 is 0 Å². The molecule has 0 radical (unpaired) electrons. The minimum Gasteiger partial charge on any atom is -0.466 e. The number of imidazole rings is 1. The number of nitrogens with zero attached hydrogens (tertiary/aromatic N) is 2. The molecule has 0 unspecified atom stereocenters. The summed E-state index contributed by atoms with van der Waals surface area (Å²) in [6.07, 6.45) is 3.10. The number of carbonyl (C=O) groups is 1. The molecule has 1 atom stereocenters. The first-order valence-corrected chi connectivity index (χ1v) is 9.33. The zero-order chi connectivity index (χ0) is 18.3. The van der Waals surface area contributed by atoms with Gasteiger partial charge in [0.2, 0.25) is 5.91 Å². The van der Waals surface area contributed by atoms with Gasteiger partial charge in [-0.1, -0.05) is 0 Å². The first-order valence-electron chi connectivity index (χ1n) is 9.33. The van der Waals surface area contributed by atoms with E-state index in [1.165, 1.54) is 11.1 Å². The standard InChI is InChI=1S/C21H25N3O2/c1-13-11-17-18(12-14(13)2)23-21(22-17)19-5-4-10-24(19)20(25)9-8-16-7-6-15(3)26-16/h6-7,11-12,19H,4-5,8-10H2,1-3H3,(H,22,23)/t19-/m1/s1. The molecule has 2 aromatic heterocycles. The molecule has 136 valence electrons. The van der Waals surface area contributed by atoms with Crippen molar-refractivity contribution in [3.63, 3.8) is 0 Å². The molecule has 1 saturated heterocycles. The zero-order valence-electron chi connectivity index (χ0n) is 15.6. The monoisotopic (exact) mass is 351 g/mol. The third kappa shape index (κ3) is 3.14. The van der Waals surface area contributed by atoms with Crippen molar-refractivity contribution in [2.45, 2.75) is 52.5 Å². The maximum Gasteiger partial charge on any atom is 0.223 e. The molecular weight excluding hydrogens is 326 g/mol. The van der Waals surface area contributed by atoms with Crippen molar-refractivity contribution in [3.05, 3.63) is 52.7 Å². The highest BCUT2D eigenvalue weighted by Crippen LogP contribution is 2.32. The Morgan fingerprint density at radius 3 is 2.85 bits per heavy atom. The highest BCUT2D eigenvalue weighted by Gasteiger charge is 2.31. The van der Waals surface area contributed by atoms with Gasteiger partial charge in [0.1, 0.15) is 17.3 Å². The molecule has 4 rings (SSSR count). The first kappa shape index (κ1) is 16.9. The van der Waals surface area contributed by atoms with Crippen LogP contribution in [-0.4, -0.2) is 27.3 Å². The van der Waals surface area contributed by atoms with E-state index in [0.717, 1.165) is 47.8 Å². The lowest BCUT2D eigenvalue weighted by molar-refractivity contribution is -0.132. The van der Waals surface area contributed by atoms with Gasteiger partial charge in [0.05, 0.1) is 17.1 Å². The second-order valence-electron chi connectivity index (χ2n) is 7.33. The van der Waals surface area contributed by atoms with Crippen LogP contribution in [0.3, 0.4) is 0 Å². The third-order valence-electron chi connectivity index (χ3n) is 5.39. The Morgan fingerprint density at radius 2 is 2.08 bits per heavy atom. The van der Waals surface area contributed by atoms with E-state index in [0.29, 0.717) is 12.8 Å². The molecule has 1 N–H and O–H groups in total. The van der Waals surface area contributed by atoms with Crippen LogP contribution in [0.1, 0.15) is 53.8 Å². The van der Waals surface area contributed by atoms with Crippen molar-refractivity contribution in [2.24, 2.45) is 0 Å². The predicted molar refractivity (Wildman–Crippen MR) is 101 cm³/mol. The number of aryl methyl sites for hydroxylation is 4. The van der Waals surface area contributed by atoms with Gasteiger partial charge in [-0.25, -0.2) is 4.98 Å². The molecule has 0 spiro atoms. The van der Waals surface area contributed by atoms with Crippen LogP contribution < -0.4 is 0 Å². The van der Waals surface area contributed by atoms with Gasteiger partial charge in [-0.3, -0.25) is 4.79 Å². The number of benzene rings is 1. The highest BCUT2D eigenvalue weighted by molar-refractivity contribution is 5.79. The van der Waals surface area contributed by atoms with E-state index >= 15 is 0 Å². The molecule has 3 heterocycles. The van der Waals surface area contributed by atoms with Gasteiger partial charge in [0.15, 0.2) is 0 Å². The molecule has 1 aliphatic rings. The van der Waals surface area contributed by atoms with Gasteiger partial charge in [-0.15, -0.1) is 0 Å². The second-order valence-corrected chi connectivity index (χ2v) is 7.33. The number of aromatic amines is 1. The second kappa shape index (κ2) is 6.63. The number of nitrogens with one attached hydrogen (secondary N) is 1. The summed E-state index contributed by atoms with van der Waals surface area (Å²) in [7, 11) is 0. The molecule has 0 saturated carbocycles. The van der Waals surface area contributed by atoms with E-state index in [9.17, 15) is 4.79 Å². The summed E-state index contributed by atoms with van der Waals surface area (Å²) >= 11 is 0. The van der Waals surface area contributed by atoms with Gasteiger partial charge in [-0.05, 0) is 69.0 Å². The Hall–Kier alpha value is -2.56. The van der Waals surface area contributed by atoms with E-state index in [1.807, 2.05) is 24.0 Å². The summed E-state index contributed by atoms with van der Waals surface area (Å²) in [5.41, 5.74) is 4.52. The Bertz CT molecular complexity index is 914. The smallest absolute Gasteiger partial charge is 0.223 e. The van der Waals surface area contributed by atoms with E-state index in [1.54, 1.807) is 0 Å². The highest BCUT2D eigenvalue weighted by atomic mass is 16.3. The van der Waals surface area contributed by atoms with Crippen LogP contribution in [0.25, 0.3) is 11.0 Å². The van der Waals surface area contributed by atoms with Crippen molar-refractivity contribution in [1.29, 1.82) is 0 Å². The number of furan rings is 1. The first-order chi connectivity index (χ1) is 12.5. The minimum absolute atomic E-state index is 0.0499. The maximum absolute atomic E-state index is 12.8. The van der Waals surface area contributed by atoms with Crippen molar-refractivity contribution in [3.8, 4) is 0 Å². The minimum atomic E-state index is 0.0499. The molecule has 26 heavy (non-hydrogen) atoms. The number of likely N-dealkylation sites (tertiary alicyclic amines) is 1. The van der Waals surface area contributed by atoms with Gasteiger partial charge >= 0.3 is 0 Å². The normalized spacial score (nSPS) is 17.3. The fourth-order valence-electron chi connectivity index (χ4n) is 3.79. The number of hydrogen-bond donors (Lipinski definition) is 1. The number of H-pyrrole nitrogens is 1. The lowest BCUT2D eigenvalue weighted by atomic mass is 10.1. The Labute approximate surface area is 153 Å². The van der Waals surface area contributed by atoms with Crippen LogP contribution in [0, 0.1) is 20.8 Å². The summed E-state index contributed by atoms with van der Waals surface area (Å²) in [5.74, 6) is 2.85. The van der Waals surface area contributed by atoms with E-state index in [2.05, 4.69) is 31.0 Å². The van der Waals surface area contributed by atoms with E-state index in [4.69, 9.17) is 9.40 Å². The molecule has 1 aromatic carbocycles. The number of amides is 1. The van der Waals surface area contributed by atoms with E-state index in [-0.39, 0.29) is 11.9 Å². The predicted octanol–water partition coefficient (Wildman–Crippen LogP) is 4.38. The lowest BCUT2D eigenvalue weighted by Gasteiger charge is -2.23. The fourth-order valence-corrected chi connectivity index (χ4v) is 3.79. The van der Waals surface area contributed by atoms with Crippen LogP contribution in [0.4, 0.5) is 0 Å². The molecule has 1 aliphatic heterocycles. The van der Waals surface area contributed by atoms with Crippen molar-refractivity contribution in [2.75, 3.05) is 6.54 Å². The number of rotatable bonds is 4. The SMILES string of the molecule is Cc1ccc(CCC(=O)N2CCC[C@@H]2c2nc3cc(C)c(C)cc3[nH]2)o1. The molecular formula is C21H25N3O2. The molecule has 0 bridgehead atoms. The molecule has 0 aliphatic carbocycles. The molecule has 5 nitrogen and oxygen atoms in total. The summed E-state index contributed by atoms with van der Waals surface area (Å²) in [4.78, 5) is 23.0. The van der Waals surface area contributed by atoms with Gasteiger partial charge in [0, 0.05) is 19.4 Å². The third-order valence-corrected chi connectivity index (χ3v) is 5.39. The molecule has 3 aromatic rings. The number of aromatic nitrogens is 2. The Balaban J connectivity index is 1.51. The fraction of sp³-hybridized carbons (Fsp3) is 0.429. The summed E-state index contributed by atoms with van der Waals surface area (Å²) in [5, 5.41) is 0. The van der Waals surface area contributed by atoms with Crippen LogP contribution in [0.5, 0.6) is 0 Å². The number of fused-ring (bicyclic) bond motifs is 1. The van der Waals surface area contributed by atoms with Crippen LogP contribution in [0.2, 0.25) is 0 Å². The summed E-state index contributed by atoms with van der Waals surface area (Å²) in [6, 6.07) is 8.20. The Kier molecular flexibility index (Phi) is 4.31. The van der Waals surface area contributed by atoms with Crippen molar-refractivity contribution in [1.82, 2.24) is 14.9 Å². The van der Waals surface area contributed by atoms with Gasteiger partial charge < -0.3 is 14.3 Å². The van der Waals surface area contributed by atoms with Crippen molar-refractivity contribution >= 4 is 16.9 Å². The lowest BCUT2D eigenvalue weighted by Crippen LogP contribution is -2.31. The number of hydrogen-bond acceptors (Lipinski definition) is 3. The Morgan fingerprint density at radius 1 is 1.27 bits per heavy atom. The average Bonchev–Trinajstić information content (AvgIpc) is 3.32. The largest absolute Gasteiger partial charge is 0.466 e. The van der Waals surface area contributed by atoms with Crippen LogP contribution in [-0.2, 0) is 11.2 Å². The van der Waals surface area contributed by atoms with Crippen LogP contribution >= 0.6 is 0 Å². The van der Waals surface area contributed by atoms with Gasteiger partial charge in [-0.2, -0.15) is 0 Å².